The zero-order chi connectivity index (χ0) is 18.3. The van der Waals surface area contributed by atoms with Crippen LogP contribution in [-0.4, -0.2) is 27.3 Å². The number of nitrogens with two attached hydrogens (primary N) is 1. The Balaban J connectivity index is 2.06. The summed E-state index contributed by atoms with van der Waals surface area (Å²) in [6, 6.07) is 7.34. The zero-order valence-electron chi connectivity index (χ0n) is 14.3. The third-order valence-electron chi connectivity index (χ3n) is 4.50. The number of Topliss-reactive ketones (excluding diaryl/α,β-unsaturated/α-hetero) is 1. The molecule has 0 aliphatic heterocycles. The minimum atomic E-state index is -0.398. The maximum atomic E-state index is 12.6. The van der Waals surface area contributed by atoms with Gasteiger partial charge >= 0.3 is 0 Å². The van der Waals surface area contributed by atoms with E-state index < -0.39 is 5.56 Å². The Kier molecular flexibility index (Phi) is 3.91. The van der Waals surface area contributed by atoms with Crippen molar-refractivity contribution < 1.29 is 9.53 Å². The molecule has 7 heteroatoms. The molecule has 0 radical (unpaired) electrons. The van der Waals surface area contributed by atoms with Gasteiger partial charge in [0.15, 0.2) is 11.4 Å². The number of anilines is 1. The average Bonchev–Trinajstić information content (AvgIpc) is 2.61. The van der Waals surface area contributed by atoms with Crippen molar-refractivity contribution in [3.8, 4) is 16.9 Å². The molecule has 2 heterocycles. The molecule has 1 aliphatic rings. The molecule has 2 aromatic heterocycles. The number of aromatic amines is 1. The normalized spacial score (nSPS) is 13.7. The first kappa shape index (κ1) is 16.3. The number of nitrogen functional groups attached to an aromatic ring is 1. The van der Waals surface area contributed by atoms with Crippen molar-refractivity contribution in [3.05, 3.63) is 45.9 Å². The first-order chi connectivity index (χ1) is 12.6. The summed E-state index contributed by atoms with van der Waals surface area (Å²) in [6.45, 7) is 2.48. The number of ether oxygens (including phenoxy) is 1. The van der Waals surface area contributed by atoms with Crippen molar-refractivity contribution in [1.29, 1.82) is 0 Å². The average molecular weight is 350 g/mol. The zero-order valence-corrected chi connectivity index (χ0v) is 14.3. The van der Waals surface area contributed by atoms with Gasteiger partial charge in [-0.1, -0.05) is 12.1 Å². The number of aromatic nitrogens is 3. The molecule has 4 rings (SSSR count). The van der Waals surface area contributed by atoms with Gasteiger partial charge in [-0.05, 0) is 37.5 Å². The summed E-state index contributed by atoms with van der Waals surface area (Å²) in [6.07, 6.45) is 1.87. The molecule has 0 unspecified atom stereocenters. The van der Waals surface area contributed by atoms with Crippen molar-refractivity contribution in [2.24, 2.45) is 0 Å². The van der Waals surface area contributed by atoms with E-state index in [1.807, 2.05) is 31.2 Å². The lowest BCUT2D eigenvalue weighted by atomic mass is 9.87. The second-order valence-corrected chi connectivity index (χ2v) is 6.19. The molecule has 1 aliphatic carbocycles. The largest absolute Gasteiger partial charge is 0.494 e. The van der Waals surface area contributed by atoms with E-state index in [-0.39, 0.29) is 22.8 Å². The smallest absolute Gasteiger partial charge is 0.262 e. The molecule has 26 heavy (non-hydrogen) atoms. The predicted molar refractivity (Wildman–Crippen MR) is 98.4 cm³/mol. The van der Waals surface area contributed by atoms with Crippen LogP contribution in [0.3, 0.4) is 0 Å². The highest BCUT2D eigenvalue weighted by Gasteiger charge is 2.27. The molecule has 0 bridgehead atoms. The number of pyridine rings is 1. The van der Waals surface area contributed by atoms with Gasteiger partial charge in [-0.2, -0.15) is 4.98 Å². The molecule has 1 aromatic carbocycles. The quantitative estimate of drug-likeness (QED) is 0.751. The van der Waals surface area contributed by atoms with Gasteiger partial charge < -0.3 is 10.5 Å². The van der Waals surface area contributed by atoms with E-state index in [4.69, 9.17) is 10.5 Å². The third kappa shape index (κ3) is 2.61. The highest BCUT2D eigenvalue weighted by molar-refractivity contribution is 6.10. The summed E-state index contributed by atoms with van der Waals surface area (Å²) < 4.78 is 5.48. The number of carbonyl (C=O) groups is 1. The van der Waals surface area contributed by atoms with Crippen LogP contribution in [0.2, 0.25) is 0 Å². The van der Waals surface area contributed by atoms with Gasteiger partial charge in [0, 0.05) is 17.5 Å². The predicted octanol–water partition coefficient (Wildman–Crippen LogP) is 2.49. The van der Waals surface area contributed by atoms with Crippen LogP contribution in [0.4, 0.5) is 5.95 Å². The van der Waals surface area contributed by atoms with Crippen molar-refractivity contribution in [2.45, 2.75) is 26.2 Å². The van der Waals surface area contributed by atoms with Crippen LogP contribution in [0.1, 0.15) is 35.8 Å². The van der Waals surface area contributed by atoms with Gasteiger partial charge in [-0.25, -0.2) is 4.98 Å². The van der Waals surface area contributed by atoms with E-state index in [0.717, 1.165) is 17.7 Å². The molecule has 3 aromatic rings. The lowest BCUT2D eigenvalue weighted by Crippen LogP contribution is -2.20. The fourth-order valence-electron chi connectivity index (χ4n) is 3.43. The Morgan fingerprint density at radius 2 is 1.88 bits per heavy atom. The van der Waals surface area contributed by atoms with E-state index in [9.17, 15) is 9.59 Å². The summed E-state index contributed by atoms with van der Waals surface area (Å²) in [5.41, 5.74) is 8.07. The Morgan fingerprint density at radius 3 is 2.62 bits per heavy atom. The van der Waals surface area contributed by atoms with Crippen LogP contribution in [0.15, 0.2) is 29.1 Å². The van der Waals surface area contributed by atoms with Gasteiger partial charge in [0.2, 0.25) is 5.95 Å². The first-order valence-electron chi connectivity index (χ1n) is 8.57. The number of hydrogen-bond acceptors (Lipinski definition) is 6. The summed E-state index contributed by atoms with van der Waals surface area (Å²) >= 11 is 0. The van der Waals surface area contributed by atoms with Crippen molar-refractivity contribution >= 4 is 22.8 Å². The number of aryl methyl sites for hydroxylation is 1. The van der Waals surface area contributed by atoms with E-state index in [1.165, 1.54) is 0 Å². The standard InChI is InChI=1S/C19H18N4O3/c1-2-26-11-8-6-10(7-9-11)14-15-12(4-3-5-13(15)24)21-17-16(14)18(25)23-19(20)22-17/h6-9H,2-5H2,1H3,(H3,20,21,22,23,25). The van der Waals surface area contributed by atoms with Crippen LogP contribution < -0.4 is 16.0 Å². The van der Waals surface area contributed by atoms with E-state index in [0.29, 0.717) is 36.3 Å². The van der Waals surface area contributed by atoms with Crippen LogP contribution in [0, 0.1) is 0 Å². The van der Waals surface area contributed by atoms with E-state index in [2.05, 4.69) is 15.0 Å². The van der Waals surface area contributed by atoms with Crippen LogP contribution >= 0.6 is 0 Å². The monoisotopic (exact) mass is 350 g/mol. The van der Waals surface area contributed by atoms with Gasteiger partial charge in [0.1, 0.15) is 5.75 Å². The first-order valence-corrected chi connectivity index (χ1v) is 8.57. The highest BCUT2D eigenvalue weighted by Crippen LogP contribution is 2.35. The van der Waals surface area contributed by atoms with Gasteiger partial charge in [-0.3, -0.25) is 14.6 Å². The lowest BCUT2D eigenvalue weighted by Gasteiger charge is -2.19. The number of hydrogen-bond donors (Lipinski definition) is 2. The molecule has 0 saturated carbocycles. The summed E-state index contributed by atoms with van der Waals surface area (Å²) in [4.78, 5) is 36.4. The number of rotatable bonds is 3. The fourth-order valence-corrected chi connectivity index (χ4v) is 3.43. The number of H-pyrrole nitrogens is 1. The maximum Gasteiger partial charge on any atom is 0.262 e. The third-order valence-corrected chi connectivity index (χ3v) is 4.50. The van der Waals surface area contributed by atoms with Crippen molar-refractivity contribution in [2.75, 3.05) is 12.3 Å². The number of fused-ring (bicyclic) bond motifs is 2. The van der Waals surface area contributed by atoms with Gasteiger partial charge in [0.05, 0.1) is 17.7 Å². The summed E-state index contributed by atoms with van der Waals surface area (Å²) in [5.74, 6) is 0.738. The Morgan fingerprint density at radius 1 is 1.12 bits per heavy atom. The molecule has 0 atom stereocenters. The second kappa shape index (κ2) is 6.25. The molecule has 3 N–H and O–H groups in total. The Hall–Kier alpha value is -3.22. The minimum Gasteiger partial charge on any atom is -0.494 e. The number of carbonyl (C=O) groups excluding carboxylic acids is 1. The molecule has 0 amide bonds. The molecule has 132 valence electrons. The second-order valence-electron chi connectivity index (χ2n) is 6.19. The van der Waals surface area contributed by atoms with Crippen molar-refractivity contribution in [3.63, 3.8) is 0 Å². The molecule has 7 nitrogen and oxygen atoms in total. The summed E-state index contributed by atoms with van der Waals surface area (Å²) in [5, 5.41) is 0.289. The van der Waals surface area contributed by atoms with Gasteiger partial charge in [-0.15, -0.1) is 0 Å². The Bertz CT molecular complexity index is 1070. The number of ketones is 1. The number of nitrogens with one attached hydrogen (secondary N) is 1. The van der Waals surface area contributed by atoms with E-state index in [1.54, 1.807) is 0 Å². The topological polar surface area (TPSA) is 111 Å². The summed E-state index contributed by atoms with van der Waals surface area (Å²) in [7, 11) is 0. The SMILES string of the molecule is CCOc1ccc(-c2c3c(nc4nc(N)[nH]c(=O)c24)CCCC3=O)cc1. The molecule has 0 fully saturated rings. The maximum absolute atomic E-state index is 12.6. The highest BCUT2D eigenvalue weighted by atomic mass is 16.5. The van der Waals surface area contributed by atoms with Crippen molar-refractivity contribution in [1.82, 2.24) is 15.0 Å². The molecular weight excluding hydrogens is 332 g/mol. The van der Waals surface area contributed by atoms with Crippen LogP contribution in [0.25, 0.3) is 22.2 Å². The minimum absolute atomic E-state index is 0.000703. The number of nitrogens with zero attached hydrogens (tertiary/aromatic N) is 2. The molecule has 0 saturated heterocycles. The molecular formula is C19H18N4O3. The Labute approximate surface area is 149 Å². The van der Waals surface area contributed by atoms with Gasteiger partial charge in [0.25, 0.3) is 5.56 Å². The van der Waals surface area contributed by atoms with Crippen LogP contribution in [0.5, 0.6) is 5.75 Å². The fraction of sp³-hybridized carbons (Fsp3) is 0.263. The lowest BCUT2D eigenvalue weighted by molar-refractivity contribution is 0.0972. The number of benzene rings is 1. The van der Waals surface area contributed by atoms with E-state index >= 15 is 0 Å². The van der Waals surface area contributed by atoms with Crippen LogP contribution in [-0.2, 0) is 6.42 Å². The molecule has 0 spiro atoms.